The van der Waals surface area contributed by atoms with Crippen LogP contribution in [0.1, 0.15) is 17.3 Å². The zero-order valence-electron chi connectivity index (χ0n) is 11.5. The number of carbonyl (C=O) groups is 1. The molecule has 2 aromatic heterocycles. The smallest absolute Gasteiger partial charge is 0.343 e. The van der Waals surface area contributed by atoms with Crippen LogP contribution in [0.2, 0.25) is 0 Å². The molecule has 0 N–H and O–H groups in total. The van der Waals surface area contributed by atoms with Crippen LogP contribution < -0.4 is 4.74 Å². The highest BCUT2D eigenvalue weighted by molar-refractivity contribution is 5.95. The number of esters is 1. The lowest BCUT2D eigenvalue weighted by atomic mass is 10.2. The van der Waals surface area contributed by atoms with Crippen LogP contribution in [0.3, 0.4) is 0 Å². The van der Waals surface area contributed by atoms with E-state index >= 15 is 0 Å². The monoisotopic (exact) mass is 282 g/mol. The average Bonchev–Trinajstić information content (AvgIpc) is 2.98. The lowest BCUT2D eigenvalue weighted by Crippen LogP contribution is -2.09. The molecule has 0 spiro atoms. The van der Waals surface area contributed by atoms with Gasteiger partial charge < -0.3 is 9.47 Å². The molecule has 106 valence electrons. The summed E-state index contributed by atoms with van der Waals surface area (Å²) in [6, 6.07) is 13.0. The van der Waals surface area contributed by atoms with E-state index < -0.39 is 5.97 Å². The SMILES string of the molecule is CCOC(=O)c1cnn2cccc2c1Oc1ccccc1. The van der Waals surface area contributed by atoms with Gasteiger partial charge in [-0.05, 0) is 31.2 Å². The standard InChI is InChI=1S/C16H14N2O3/c1-2-20-16(19)13-11-17-18-10-6-9-14(18)15(13)21-12-7-4-3-5-8-12/h3-11H,2H2,1H3. The van der Waals surface area contributed by atoms with Gasteiger partial charge in [-0.1, -0.05) is 18.2 Å². The van der Waals surface area contributed by atoms with Gasteiger partial charge in [0.1, 0.15) is 16.8 Å². The van der Waals surface area contributed by atoms with Crippen molar-refractivity contribution in [2.45, 2.75) is 6.92 Å². The fourth-order valence-corrected chi connectivity index (χ4v) is 2.04. The molecule has 0 amide bonds. The fraction of sp³-hybridized carbons (Fsp3) is 0.125. The molecule has 0 fully saturated rings. The minimum Gasteiger partial charge on any atom is -0.462 e. The van der Waals surface area contributed by atoms with Gasteiger partial charge in [-0.3, -0.25) is 0 Å². The Morgan fingerprint density at radius 2 is 2.00 bits per heavy atom. The molecule has 0 saturated carbocycles. The minimum atomic E-state index is -0.445. The topological polar surface area (TPSA) is 52.8 Å². The maximum absolute atomic E-state index is 12.1. The normalized spacial score (nSPS) is 10.5. The Morgan fingerprint density at radius 3 is 2.76 bits per heavy atom. The van der Waals surface area contributed by atoms with Crippen molar-refractivity contribution < 1.29 is 14.3 Å². The Bertz CT molecular complexity index is 766. The molecular formula is C16H14N2O3. The summed E-state index contributed by atoms with van der Waals surface area (Å²) >= 11 is 0. The first-order chi connectivity index (χ1) is 10.3. The van der Waals surface area contributed by atoms with Gasteiger partial charge in [0.25, 0.3) is 0 Å². The predicted molar refractivity (Wildman–Crippen MR) is 77.7 cm³/mol. The van der Waals surface area contributed by atoms with E-state index in [9.17, 15) is 4.79 Å². The summed E-state index contributed by atoms with van der Waals surface area (Å²) < 4.78 is 12.6. The minimum absolute atomic E-state index is 0.301. The average molecular weight is 282 g/mol. The number of para-hydroxylation sites is 1. The van der Waals surface area contributed by atoms with Gasteiger partial charge in [-0.15, -0.1) is 0 Å². The highest BCUT2D eigenvalue weighted by atomic mass is 16.5. The highest BCUT2D eigenvalue weighted by Gasteiger charge is 2.18. The molecule has 21 heavy (non-hydrogen) atoms. The number of rotatable bonds is 4. The van der Waals surface area contributed by atoms with Crippen molar-refractivity contribution in [3.8, 4) is 11.5 Å². The quantitative estimate of drug-likeness (QED) is 0.689. The number of aromatic nitrogens is 2. The van der Waals surface area contributed by atoms with Crippen LogP contribution in [0.5, 0.6) is 11.5 Å². The van der Waals surface area contributed by atoms with E-state index in [-0.39, 0.29) is 0 Å². The summed E-state index contributed by atoms with van der Waals surface area (Å²) in [6.45, 7) is 2.06. The van der Waals surface area contributed by atoms with E-state index in [4.69, 9.17) is 9.47 Å². The van der Waals surface area contributed by atoms with E-state index in [2.05, 4.69) is 5.10 Å². The van der Waals surface area contributed by atoms with Crippen molar-refractivity contribution in [1.29, 1.82) is 0 Å². The Labute approximate surface area is 121 Å². The third-order valence-electron chi connectivity index (χ3n) is 2.98. The number of carbonyl (C=O) groups excluding carboxylic acids is 1. The number of ether oxygens (including phenoxy) is 2. The van der Waals surface area contributed by atoms with Crippen molar-refractivity contribution in [2.75, 3.05) is 6.61 Å². The molecule has 0 aliphatic carbocycles. The summed E-state index contributed by atoms with van der Waals surface area (Å²) in [5, 5.41) is 4.18. The zero-order valence-corrected chi connectivity index (χ0v) is 11.5. The summed E-state index contributed by atoms with van der Waals surface area (Å²) in [5.41, 5.74) is 1.02. The zero-order chi connectivity index (χ0) is 14.7. The van der Waals surface area contributed by atoms with Crippen LogP contribution in [0.15, 0.2) is 54.9 Å². The van der Waals surface area contributed by atoms with E-state index in [1.807, 2.05) is 42.5 Å². The maximum atomic E-state index is 12.1. The number of hydrogen-bond acceptors (Lipinski definition) is 4. The lowest BCUT2D eigenvalue weighted by Gasteiger charge is -2.11. The molecule has 3 rings (SSSR count). The first-order valence-corrected chi connectivity index (χ1v) is 6.66. The number of fused-ring (bicyclic) bond motifs is 1. The van der Waals surface area contributed by atoms with Crippen molar-refractivity contribution in [2.24, 2.45) is 0 Å². The number of hydrogen-bond donors (Lipinski definition) is 0. The first kappa shape index (κ1) is 13.2. The molecule has 0 aliphatic heterocycles. The third-order valence-corrected chi connectivity index (χ3v) is 2.98. The Morgan fingerprint density at radius 1 is 1.19 bits per heavy atom. The third kappa shape index (κ3) is 2.58. The molecule has 0 saturated heterocycles. The van der Waals surface area contributed by atoms with Gasteiger partial charge in [0.05, 0.1) is 12.8 Å². The molecule has 2 heterocycles. The Balaban J connectivity index is 2.10. The summed E-state index contributed by atoms with van der Waals surface area (Å²) in [7, 11) is 0. The van der Waals surface area contributed by atoms with E-state index in [0.29, 0.717) is 29.2 Å². The summed E-state index contributed by atoms with van der Waals surface area (Å²) in [5.74, 6) is 0.650. The van der Waals surface area contributed by atoms with Gasteiger partial charge in [-0.2, -0.15) is 5.10 Å². The van der Waals surface area contributed by atoms with Gasteiger partial charge in [0.15, 0.2) is 5.75 Å². The molecule has 3 aromatic rings. The second-order valence-electron chi connectivity index (χ2n) is 4.36. The van der Waals surface area contributed by atoms with Gasteiger partial charge >= 0.3 is 5.97 Å². The van der Waals surface area contributed by atoms with E-state index in [1.54, 1.807) is 17.6 Å². The lowest BCUT2D eigenvalue weighted by molar-refractivity contribution is 0.0523. The maximum Gasteiger partial charge on any atom is 0.343 e. The van der Waals surface area contributed by atoms with Crippen molar-refractivity contribution >= 4 is 11.5 Å². The van der Waals surface area contributed by atoms with Crippen molar-refractivity contribution in [3.63, 3.8) is 0 Å². The number of nitrogens with zero attached hydrogens (tertiary/aromatic N) is 2. The van der Waals surface area contributed by atoms with Gasteiger partial charge in [0.2, 0.25) is 0 Å². The van der Waals surface area contributed by atoms with Crippen LogP contribution in [0, 0.1) is 0 Å². The molecule has 5 nitrogen and oxygen atoms in total. The molecule has 1 aromatic carbocycles. The molecule has 0 bridgehead atoms. The second-order valence-corrected chi connectivity index (χ2v) is 4.36. The summed E-state index contributed by atoms with van der Waals surface area (Å²) in [4.78, 5) is 12.1. The predicted octanol–water partition coefficient (Wildman–Crippen LogP) is 3.30. The van der Waals surface area contributed by atoms with Crippen LogP contribution in [-0.2, 0) is 4.74 Å². The van der Waals surface area contributed by atoms with Crippen LogP contribution in [0.4, 0.5) is 0 Å². The van der Waals surface area contributed by atoms with E-state index in [0.717, 1.165) is 0 Å². The van der Waals surface area contributed by atoms with Crippen molar-refractivity contribution in [1.82, 2.24) is 9.61 Å². The molecule has 0 unspecified atom stereocenters. The van der Waals surface area contributed by atoms with Crippen molar-refractivity contribution in [3.05, 3.63) is 60.4 Å². The Kier molecular flexibility index (Phi) is 3.55. The largest absolute Gasteiger partial charge is 0.462 e. The molecule has 0 radical (unpaired) electrons. The first-order valence-electron chi connectivity index (χ1n) is 6.66. The molecule has 0 atom stereocenters. The molecule has 5 heteroatoms. The van der Waals surface area contributed by atoms with Crippen LogP contribution in [0.25, 0.3) is 5.52 Å². The van der Waals surface area contributed by atoms with E-state index in [1.165, 1.54) is 6.20 Å². The van der Waals surface area contributed by atoms with Gasteiger partial charge in [0, 0.05) is 6.20 Å². The number of benzene rings is 1. The fourth-order valence-electron chi connectivity index (χ4n) is 2.04. The van der Waals surface area contributed by atoms with Crippen LogP contribution in [-0.4, -0.2) is 22.2 Å². The molecule has 0 aliphatic rings. The molecular weight excluding hydrogens is 268 g/mol. The van der Waals surface area contributed by atoms with Gasteiger partial charge in [-0.25, -0.2) is 9.31 Å². The second kappa shape index (κ2) is 5.66. The summed E-state index contributed by atoms with van der Waals surface area (Å²) in [6.07, 6.45) is 3.26. The highest BCUT2D eigenvalue weighted by Crippen LogP contribution is 2.30. The Hall–Kier alpha value is -2.82. The van der Waals surface area contributed by atoms with Crippen LogP contribution >= 0.6 is 0 Å².